The highest BCUT2D eigenvalue weighted by Crippen LogP contribution is 2.36. The van der Waals surface area contributed by atoms with Crippen LogP contribution in [0, 0.1) is 0 Å². The van der Waals surface area contributed by atoms with Crippen molar-refractivity contribution in [2.24, 2.45) is 4.99 Å². The summed E-state index contributed by atoms with van der Waals surface area (Å²) in [7, 11) is 0. The maximum Gasteiger partial charge on any atom is 0.251 e. The van der Waals surface area contributed by atoms with Crippen molar-refractivity contribution in [3.8, 4) is 0 Å². The zero-order chi connectivity index (χ0) is 30.1. The zero-order valence-corrected chi connectivity index (χ0v) is 25.6. The van der Waals surface area contributed by atoms with Crippen LogP contribution in [0.2, 0.25) is 10.0 Å². The number of carbonyl (C=O) groups excluding carboxylic acids is 2. The third kappa shape index (κ3) is 6.28. The highest BCUT2D eigenvalue weighted by Gasteiger charge is 2.36. The second-order valence-electron chi connectivity index (χ2n) is 11.7. The molecule has 1 fully saturated rings. The number of pyridine rings is 1. The number of hydrogen-bond acceptors (Lipinski definition) is 6. The lowest BCUT2D eigenvalue weighted by Crippen LogP contribution is -2.51. The molecule has 1 saturated heterocycles. The number of benzene rings is 2. The summed E-state index contributed by atoms with van der Waals surface area (Å²) in [6.45, 7) is 6.04. The van der Waals surface area contributed by atoms with Crippen LogP contribution in [-0.2, 0) is 17.6 Å². The molecule has 0 radical (unpaired) electrons. The van der Waals surface area contributed by atoms with E-state index in [0.29, 0.717) is 68.9 Å². The monoisotopic (exact) mass is 619 g/mol. The van der Waals surface area contributed by atoms with Crippen LogP contribution in [0.15, 0.2) is 48.0 Å². The van der Waals surface area contributed by atoms with Gasteiger partial charge in [-0.15, -0.1) is 0 Å². The van der Waals surface area contributed by atoms with E-state index in [2.05, 4.69) is 16.9 Å². The van der Waals surface area contributed by atoms with E-state index in [0.717, 1.165) is 63.4 Å². The van der Waals surface area contributed by atoms with Crippen molar-refractivity contribution < 1.29 is 14.7 Å². The van der Waals surface area contributed by atoms with Gasteiger partial charge in [0.25, 0.3) is 5.91 Å². The first-order valence-corrected chi connectivity index (χ1v) is 15.7. The topological polar surface area (TPSA) is 98.1 Å². The number of aryl methyl sites for hydroxylation is 1. The van der Waals surface area contributed by atoms with Gasteiger partial charge in [-0.25, -0.2) is 4.99 Å². The Hall–Kier alpha value is -3.46. The molecule has 2 amide bonds. The van der Waals surface area contributed by atoms with Gasteiger partial charge >= 0.3 is 0 Å². The number of unbranched alkanes of at least 4 members (excludes halogenated alkanes) is 1. The third-order valence-electron chi connectivity index (χ3n) is 8.77. The molecule has 6 rings (SSSR count). The van der Waals surface area contributed by atoms with Crippen LogP contribution >= 0.6 is 23.2 Å². The summed E-state index contributed by atoms with van der Waals surface area (Å²) < 4.78 is 0. The molecule has 0 unspecified atom stereocenters. The molecule has 1 aromatic heterocycles. The molecule has 2 aromatic carbocycles. The maximum atomic E-state index is 12.8. The van der Waals surface area contributed by atoms with E-state index in [1.54, 1.807) is 30.6 Å². The maximum absolute atomic E-state index is 12.8. The Bertz CT molecular complexity index is 1630. The first-order valence-electron chi connectivity index (χ1n) is 14.9. The van der Waals surface area contributed by atoms with Crippen LogP contribution in [0.4, 0.5) is 5.69 Å². The second kappa shape index (κ2) is 12.3. The third-order valence-corrected chi connectivity index (χ3v) is 9.44. The lowest BCUT2D eigenvalue weighted by molar-refractivity contribution is -0.135. The molecule has 8 nitrogen and oxygen atoms in total. The van der Waals surface area contributed by atoms with E-state index in [1.807, 2.05) is 21.9 Å². The van der Waals surface area contributed by atoms with E-state index < -0.39 is 5.60 Å². The first kappa shape index (κ1) is 29.6. The molecule has 0 bridgehead atoms. The SMILES string of the molecule is C=C1c2ccc(Cl)cc2N=CN1CC1(O)CCN(C(=O)CCCCNC(=O)c2ccc3c(Cl)c4c(nc3c2)CCC4)CC1. The van der Waals surface area contributed by atoms with Gasteiger partial charge in [0, 0.05) is 59.0 Å². The summed E-state index contributed by atoms with van der Waals surface area (Å²) in [5, 5.41) is 16.5. The van der Waals surface area contributed by atoms with Crippen molar-refractivity contribution in [1.82, 2.24) is 20.1 Å². The van der Waals surface area contributed by atoms with Gasteiger partial charge in [0.15, 0.2) is 0 Å². The van der Waals surface area contributed by atoms with Crippen LogP contribution in [0.1, 0.15) is 65.7 Å². The molecule has 3 aromatic rings. The fourth-order valence-corrected chi connectivity index (χ4v) is 6.74. The van der Waals surface area contributed by atoms with Crippen molar-refractivity contribution in [2.45, 2.75) is 57.0 Å². The number of likely N-dealkylation sites (tertiary alicyclic amines) is 1. The lowest BCUT2D eigenvalue weighted by Gasteiger charge is -2.41. The summed E-state index contributed by atoms with van der Waals surface area (Å²) in [5.74, 6) is -0.0798. The highest BCUT2D eigenvalue weighted by molar-refractivity contribution is 6.36. The Morgan fingerprint density at radius 2 is 1.88 bits per heavy atom. The predicted molar refractivity (Wildman–Crippen MR) is 171 cm³/mol. The number of amides is 2. The van der Waals surface area contributed by atoms with Gasteiger partial charge in [0.05, 0.1) is 34.7 Å². The molecule has 0 spiro atoms. The minimum Gasteiger partial charge on any atom is -0.388 e. The first-order chi connectivity index (χ1) is 20.7. The largest absolute Gasteiger partial charge is 0.388 e. The Morgan fingerprint density at radius 1 is 1.07 bits per heavy atom. The van der Waals surface area contributed by atoms with Crippen molar-refractivity contribution in [1.29, 1.82) is 0 Å². The Balaban J connectivity index is 0.926. The molecule has 2 aliphatic heterocycles. The van der Waals surface area contributed by atoms with Crippen LogP contribution in [0.25, 0.3) is 16.6 Å². The molecule has 3 aliphatic rings. The molecule has 2 N–H and O–H groups in total. The van der Waals surface area contributed by atoms with Crippen LogP contribution in [0.3, 0.4) is 0 Å². The fourth-order valence-electron chi connectivity index (χ4n) is 6.21. The summed E-state index contributed by atoms with van der Waals surface area (Å²) in [6, 6.07) is 11.0. The molecule has 0 saturated carbocycles. The summed E-state index contributed by atoms with van der Waals surface area (Å²) in [4.78, 5) is 38.5. The van der Waals surface area contributed by atoms with Crippen LogP contribution < -0.4 is 5.32 Å². The number of nitrogens with zero attached hydrogens (tertiary/aromatic N) is 4. The zero-order valence-electron chi connectivity index (χ0n) is 24.0. The van der Waals surface area contributed by atoms with E-state index in [4.69, 9.17) is 28.2 Å². The molecule has 224 valence electrons. The number of aliphatic hydroxyl groups is 1. The summed E-state index contributed by atoms with van der Waals surface area (Å²) in [5.41, 5.74) is 4.96. The minimum atomic E-state index is -0.941. The second-order valence-corrected chi connectivity index (χ2v) is 12.5. The van der Waals surface area contributed by atoms with Gasteiger partial charge in [0.2, 0.25) is 5.91 Å². The van der Waals surface area contributed by atoms with E-state index in [-0.39, 0.29) is 11.8 Å². The average Bonchev–Trinajstić information content (AvgIpc) is 3.47. The number of carbonyl (C=O) groups is 2. The number of hydrogen-bond donors (Lipinski definition) is 2. The van der Waals surface area contributed by atoms with Crippen molar-refractivity contribution in [2.75, 3.05) is 26.2 Å². The number of aliphatic imine (C=N–C) groups is 1. The minimum absolute atomic E-state index is 0.0770. The van der Waals surface area contributed by atoms with Crippen molar-refractivity contribution in [3.63, 3.8) is 0 Å². The van der Waals surface area contributed by atoms with E-state index in [1.165, 1.54) is 0 Å². The number of piperidine rings is 1. The Kier molecular flexibility index (Phi) is 8.45. The molecular formula is C33H35Cl2N5O3. The lowest BCUT2D eigenvalue weighted by atomic mass is 9.90. The quantitative estimate of drug-likeness (QED) is 0.305. The van der Waals surface area contributed by atoms with E-state index >= 15 is 0 Å². The molecule has 10 heteroatoms. The number of halogens is 2. The van der Waals surface area contributed by atoms with Gasteiger partial charge in [0.1, 0.15) is 0 Å². The Labute approximate surface area is 261 Å². The van der Waals surface area contributed by atoms with Gasteiger partial charge in [-0.05, 0) is 80.8 Å². The summed E-state index contributed by atoms with van der Waals surface area (Å²) >= 11 is 12.7. The molecular weight excluding hydrogens is 585 g/mol. The van der Waals surface area contributed by atoms with Gasteiger partial charge in [-0.2, -0.15) is 0 Å². The van der Waals surface area contributed by atoms with Crippen molar-refractivity contribution >= 4 is 63.6 Å². The van der Waals surface area contributed by atoms with Gasteiger partial charge < -0.3 is 20.2 Å². The number of fused-ring (bicyclic) bond motifs is 3. The van der Waals surface area contributed by atoms with Crippen LogP contribution in [-0.4, -0.2) is 69.8 Å². The molecule has 3 heterocycles. The standard InChI is InChI=1S/C33H35Cl2N5O3/c1-21-24-11-9-23(34)18-28(24)37-20-40(21)19-33(43)12-15-39(16-13-33)30(41)7-2-3-14-36-32(42)22-8-10-26-29(17-22)38-27-6-4-5-25(27)31(26)35/h8-11,17-18,20,43H,1-7,12-16,19H2,(H,36,42). The van der Waals surface area contributed by atoms with Gasteiger partial charge in [-0.3, -0.25) is 14.6 Å². The predicted octanol–water partition coefficient (Wildman–Crippen LogP) is 5.93. The highest BCUT2D eigenvalue weighted by atomic mass is 35.5. The van der Waals surface area contributed by atoms with E-state index in [9.17, 15) is 14.7 Å². The molecule has 43 heavy (non-hydrogen) atoms. The number of rotatable bonds is 8. The summed E-state index contributed by atoms with van der Waals surface area (Å²) in [6.07, 6.45) is 7.37. The smallest absolute Gasteiger partial charge is 0.251 e. The molecule has 0 atom stereocenters. The average molecular weight is 621 g/mol. The normalized spacial score (nSPS) is 17.2. The number of nitrogens with one attached hydrogen (secondary N) is 1. The number of aromatic nitrogens is 1. The Morgan fingerprint density at radius 3 is 2.70 bits per heavy atom. The van der Waals surface area contributed by atoms with Crippen molar-refractivity contribution in [3.05, 3.63) is 75.4 Å². The van der Waals surface area contributed by atoms with Gasteiger partial charge in [-0.1, -0.05) is 35.8 Å². The number of β-amino-alcohol motifs (C(OH)–C–C–N with tert-alkyl or cyclic N) is 1. The fraction of sp³-hybridized carbons (Fsp3) is 0.394. The van der Waals surface area contributed by atoms with Crippen LogP contribution in [0.5, 0.6) is 0 Å². The molecule has 1 aliphatic carbocycles.